The molecule has 13 heavy (non-hydrogen) atoms. The topological polar surface area (TPSA) is 75.3 Å². The van der Waals surface area contributed by atoms with Crippen LogP contribution in [-0.2, 0) is 0 Å². The molecule has 1 rings (SSSR count). The lowest BCUT2D eigenvalue weighted by atomic mass is 10.3. The van der Waals surface area contributed by atoms with Crippen LogP contribution in [0.2, 0.25) is 0 Å². The maximum atomic E-state index is 9.70. The smallest absolute Gasteiger partial charge is 0.404 e. The Bertz CT molecular complexity index is 143. The third-order valence-electron chi connectivity index (χ3n) is 1.81. The number of nitrogens with two attached hydrogens (primary N) is 1. The van der Waals surface area contributed by atoms with E-state index in [4.69, 9.17) is 10.8 Å². The highest BCUT2D eigenvalue weighted by Crippen LogP contribution is 2.14. The molecule has 0 aromatic rings. The van der Waals surface area contributed by atoms with E-state index >= 15 is 0 Å². The van der Waals surface area contributed by atoms with Gasteiger partial charge in [-0.2, -0.15) is 0 Å². The number of amides is 1. The number of hydrogen-bond donors (Lipinski definition) is 3. The first-order valence-electron chi connectivity index (χ1n) is 4.77. The van der Waals surface area contributed by atoms with E-state index < -0.39 is 6.09 Å². The van der Waals surface area contributed by atoms with Crippen molar-refractivity contribution in [2.45, 2.75) is 51.6 Å². The molecule has 4 N–H and O–H groups in total. The molecule has 0 unspecified atom stereocenters. The molecule has 0 aliphatic heterocycles. The van der Waals surface area contributed by atoms with Gasteiger partial charge in [0.15, 0.2) is 0 Å². The van der Waals surface area contributed by atoms with Crippen LogP contribution in [0.15, 0.2) is 0 Å². The summed E-state index contributed by atoms with van der Waals surface area (Å²) in [5, 5.41) is 10.2. The van der Waals surface area contributed by atoms with Crippen LogP contribution in [0.1, 0.15) is 39.5 Å². The van der Waals surface area contributed by atoms with Crippen LogP contribution in [0.3, 0.4) is 0 Å². The van der Waals surface area contributed by atoms with Gasteiger partial charge in [0.1, 0.15) is 0 Å². The Balaban J connectivity index is 0.000000223. The van der Waals surface area contributed by atoms with E-state index in [0.29, 0.717) is 6.04 Å². The van der Waals surface area contributed by atoms with Crippen molar-refractivity contribution in [1.29, 1.82) is 0 Å². The van der Waals surface area contributed by atoms with Gasteiger partial charge in [0.05, 0.1) is 0 Å². The Morgan fingerprint density at radius 2 is 1.92 bits per heavy atom. The van der Waals surface area contributed by atoms with Crippen LogP contribution in [0.5, 0.6) is 0 Å². The third-order valence-corrected chi connectivity index (χ3v) is 1.81. The highest BCUT2D eigenvalue weighted by atomic mass is 16.4. The molecular formula is C9H20N2O2. The summed E-state index contributed by atoms with van der Waals surface area (Å²) in [6, 6.07) is 0.572. The first-order chi connectivity index (χ1) is 6.02. The van der Waals surface area contributed by atoms with Crippen LogP contribution >= 0.6 is 0 Å². The van der Waals surface area contributed by atoms with Crippen LogP contribution < -0.4 is 11.1 Å². The zero-order valence-electron chi connectivity index (χ0n) is 8.42. The number of carboxylic acid groups (broad SMARTS) is 1. The Hall–Kier alpha value is -0.770. The molecule has 0 aromatic carbocycles. The largest absolute Gasteiger partial charge is 0.465 e. The van der Waals surface area contributed by atoms with Crippen molar-refractivity contribution in [3.63, 3.8) is 0 Å². The average Bonchev–Trinajstić information content (AvgIpc) is 2.37. The third kappa shape index (κ3) is 9.14. The molecule has 1 aliphatic carbocycles. The molecule has 1 aliphatic rings. The highest BCUT2D eigenvalue weighted by molar-refractivity contribution is 5.64. The fraction of sp³-hybridized carbons (Fsp3) is 0.889. The van der Waals surface area contributed by atoms with Crippen LogP contribution in [0.4, 0.5) is 4.79 Å². The number of rotatable bonds is 1. The van der Waals surface area contributed by atoms with Gasteiger partial charge in [-0.05, 0) is 26.7 Å². The summed E-state index contributed by atoms with van der Waals surface area (Å²) < 4.78 is 0. The van der Waals surface area contributed by atoms with Gasteiger partial charge >= 0.3 is 6.09 Å². The second-order valence-electron chi connectivity index (χ2n) is 3.65. The minimum Gasteiger partial charge on any atom is -0.465 e. The highest BCUT2D eigenvalue weighted by Gasteiger charge is 2.07. The number of hydrogen-bond acceptors (Lipinski definition) is 2. The van der Waals surface area contributed by atoms with Gasteiger partial charge in [0.25, 0.3) is 0 Å². The van der Waals surface area contributed by atoms with Gasteiger partial charge in [-0.25, -0.2) is 4.79 Å². The molecule has 78 valence electrons. The summed E-state index contributed by atoms with van der Waals surface area (Å²) >= 11 is 0. The molecule has 1 saturated carbocycles. The first-order valence-corrected chi connectivity index (χ1v) is 4.77. The summed E-state index contributed by atoms with van der Waals surface area (Å²) in [6.45, 7) is 3.54. The lowest BCUT2D eigenvalue weighted by molar-refractivity contribution is 0.191. The fourth-order valence-corrected chi connectivity index (χ4v) is 1.20. The number of nitrogens with one attached hydrogen (secondary N) is 1. The zero-order valence-corrected chi connectivity index (χ0v) is 8.42. The van der Waals surface area contributed by atoms with Crippen molar-refractivity contribution in [1.82, 2.24) is 5.32 Å². The predicted octanol–water partition coefficient (Wildman–Crippen LogP) is 1.55. The molecule has 1 amide bonds. The number of carbonyl (C=O) groups is 1. The maximum absolute atomic E-state index is 9.70. The van der Waals surface area contributed by atoms with Crippen molar-refractivity contribution in [3.8, 4) is 0 Å². The molecule has 0 aromatic heterocycles. The summed E-state index contributed by atoms with van der Waals surface area (Å²) in [4.78, 5) is 9.70. The minimum absolute atomic E-state index is 0.0255. The first kappa shape index (κ1) is 12.2. The Kier molecular flexibility index (Phi) is 6.32. The van der Waals surface area contributed by atoms with Crippen LogP contribution in [0.25, 0.3) is 0 Å². The van der Waals surface area contributed by atoms with Crippen LogP contribution in [0, 0.1) is 0 Å². The van der Waals surface area contributed by atoms with Crippen LogP contribution in [-0.4, -0.2) is 23.3 Å². The minimum atomic E-state index is -0.963. The summed E-state index contributed by atoms with van der Waals surface area (Å²) in [6.07, 6.45) is 4.29. The second-order valence-corrected chi connectivity index (χ2v) is 3.65. The van der Waals surface area contributed by atoms with E-state index in [2.05, 4.69) is 5.32 Å². The Labute approximate surface area is 79.5 Å². The molecule has 4 heteroatoms. The van der Waals surface area contributed by atoms with Crippen molar-refractivity contribution in [2.75, 3.05) is 0 Å². The van der Waals surface area contributed by atoms with E-state index in [1.165, 1.54) is 25.7 Å². The standard InChI is InChI=1S/C5H11N.C4H9NO2/c6-5-3-1-2-4-5;1-3(2)5-4(6)7/h5H,1-4,6H2;3,5H,1-2H3,(H,6,7). The quantitative estimate of drug-likeness (QED) is 0.584. The van der Waals surface area contributed by atoms with Gasteiger partial charge in [-0.15, -0.1) is 0 Å². The lowest BCUT2D eigenvalue weighted by Gasteiger charge is -2.00. The molecule has 1 fully saturated rings. The van der Waals surface area contributed by atoms with Crippen molar-refractivity contribution in [2.24, 2.45) is 5.73 Å². The SMILES string of the molecule is CC(C)NC(=O)O.NC1CCCC1. The van der Waals surface area contributed by atoms with Gasteiger partial charge in [-0.3, -0.25) is 0 Å². The fourth-order valence-electron chi connectivity index (χ4n) is 1.20. The molecule has 0 bridgehead atoms. The van der Waals surface area contributed by atoms with Gasteiger partial charge < -0.3 is 16.2 Å². The molecule has 4 nitrogen and oxygen atoms in total. The van der Waals surface area contributed by atoms with E-state index in [1.807, 2.05) is 0 Å². The Morgan fingerprint density at radius 3 is 2.00 bits per heavy atom. The average molecular weight is 188 g/mol. The predicted molar refractivity (Wildman–Crippen MR) is 52.7 cm³/mol. The molecule has 0 heterocycles. The van der Waals surface area contributed by atoms with E-state index in [1.54, 1.807) is 13.8 Å². The summed E-state index contributed by atoms with van der Waals surface area (Å²) in [5.41, 5.74) is 5.53. The van der Waals surface area contributed by atoms with Crippen molar-refractivity contribution < 1.29 is 9.90 Å². The normalized spacial score (nSPS) is 16.6. The van der Waals surface area contributed by atoms with E-state index in [0.717, 1.165) is 0 Å². The maximum Gasteiger partial charge on any atom is 0.404 e. The lowest BCUT2D eigenvalue weighted by Crippen LogP contribution is -2.27. The van der Waals surface area contributed by atoms with E-state index in [-0.39, 0.29) is 6.04 Å². The van der Waals surface area contributed by atoms with Gasteiger partial charge in [0, 0.05) is 12.1 Å². The molecule has 0 atom stereocenters. The van der Waals surface area contributed by atoms with Gasteiger partial charge in [0.2, 0.25) is 0 Å². The zero-order chi connectivity index (χ0) is 10.3. The summed E-state index contributed by atoms with van der Waals surface area (Å²) in [5.74, 6) is 0. The van der Waals surface area contributed by atoms with Crippen molar-refractivity contribution >= 4 is 6.09 Å². The molecular weight excluding hydrogens is 168 g/mol. The van der Waals surface area contributed by atoms with Gasteiger partial charge in [-0.1, -0.05) is 12.8 Å². The monoisotopic (exact) mass is 188 g/mol. The molecule has 0 saturated heterocycles. The Morgan fingerprint density at radius 1 is 1.46 bits per heavy atom. The van der Waals surface area contributed by atoms with Crippen molar-refractivity contribution in [3.05, 3.63) is 0 Å². The summed E-state index contributed by atoms with van der Waals surface area (Å²) in [7, 11) is 0. The molecule has 0 radical (unpaired) electrons. The molecule has 0 spiro atoms. The second kappa shape index (κ2) is 6.71. The van der Waals surface area contributed by atoms with E-state index in [9.17, 15) is 4.79 Å².